The largest absolute Gasteiger partial charge is 0.297 e. The van der Waals surface area contributed by atoms with Crippen molar-refractivity contribution in [1.82, 2.24) is 9.88 Å². The summed E-state index contributed by atoms with van der Waals surface area (Å²) in [5.41, 5.74) is 1.20. The van der Waals surface area contributed by atoms with Crippen LogP contribution in [0.25, 0.3) is 0 Å². The number of hydrogen-bond acceptors (Lipinski definition) is 3. The van der Waals surface area contributed by atoms with Crippen LogP contribution in [0.2, 0.25) is 0 Å². The molecule has 2 nitrogen and oxygen atoms in total. The van der Waals surface area contributed by atoms with E-state index < -0.39 is 0 Å². The predicted octanol–water partition coefficient (Wildman–Crippen LogP) is 3.72. The fourth-order valence-corrected chi connectivity index (χ4v) is 3.88. The maximum atomic E-state index is 4.65. The number of halogens is 1. The van der Waals surface area contributed by atoms with Gasteiger partial charge in [0.15, 0.2) is 0 Å². The summed E-state index contributed by atoms with van der Waals surface area (Å²) in [7, 11) is 0. The Morgan fingerprint density at radius 1 is 1.25 bits per heavy atom. The Bertz CT molecular complexity index is 330. The van der Waals surface area contributed by atoms with E-state index in [9.17, 15) is 0 Å². The number of rotatable bonds is 3. The normalized spacial score (nSPS) is 18.6. The number of hydrogen-bond donors (Lipinski definition) is 0. The molecule has 90 valence electrons. The summed E-state index contributed by atoms with van der Waals surface area (Å²) in [4.78, 5) is 8.59. The van der Waals surface area contributed by atoms with Crippen LogP contribution in [0, 0.1) is 6.92 Å². The van der Waals surface area contributed by atoms with Crippen LogP contribution in [-0.2, 0) is 11.9 Å². The molecule has 0 aromatic carbocycles. The van der Waals surface area contributed by atoms with E-state index in [0.717, 1.165) is 11.9 Å². The van der Waals surface area contributed by atoms with E-state index in [1.807, 2.05) is 11.3 Å². The number of alkyl halides is 1. The molecule has 0 atom stereocenters. The van der Waals surface area contributed by atoms with Crippen molar-refractivity contribution in [3.05, 3.63) is 15.6 Å². The summed E-state index contributed by atoms with van der Waals surface area (Å²) in [6, 6.07) is 0. The molecule has 1 aliphatic rings. The molecule has 1 fully saturated rings. The first-order valence-electron chi connectivity index (χ1n) is 6.03. The highest BCUT2D eigenvalue weighted by Gasteiger charge is 2.13. The quantitative estimate of drug-likeness (QED) is 0.791. The van der Waals surface area contributed by atoms with Crippen molar-refractivity contribution in [2.45, 2.75) is 44.5 Å². The zero-order valence-electron chi connectivity index (χ0n) is 9.84. The molecular weight excluding hydrogens is 284 g/mol. The molecule has 0 unspecified atom stereocenters. The van der Waals surface area contributed by atoms with Crippen LogP contribution >= 0.6 is 27.3 Å². The van der Waals surface area contributed by atoms with E-state index in [4.69, 9.17) is 0 Å². The Balaban J connectivity index is 1.96. The first-order valence-corrected chi connectivity index (χ1v) is 7.97. The van der Waals surface area contributed by atoms with Crippen molar-refractivity contribution < 1.29 is 0 Å². The first kappa shape index (κ1) is 12.5. The zero-order chi connectivity index (χ0) is 11.4. The predicted molar refractivity (Wildman–Crippen MR) is 73.2 cm³/mol. The summed E-state index contributed by atoms with van der Waals surface area (Å²) in [5, 5.41) is 2.23. The third-order valence-electron chi connectivity index (χ3n) is 3.12. The summed E-state index contributed by atoms with van der Waals surface area (Å²) in [6.07, 6.45) is 5.52. The van der Waals surface area contributed by atoms with Crippen molar-refractivity contribution in [3.8, 4) is 0 Å². The van der Waals surface area contributed by atoms with Gasteiger partial charge in [0.1, 0.15) is 5.01 Å². The smallest absolute Gasteiger partial charge is 0.107 e. The van der Waals surface area contributed by atoms with E-state index >= 15 is 0 Å². The van der Waals surface area contributed by atoms with Gasteiger partial charge in [0.25, 0.3) is 0 Å². The maximum absolute atomic E-state index is 4.65. The Morgan fingerprint density at radius 2 is 1.94 bits per heavy atom. The van der Waals surface area contributed by atoms with Crippen molar-refractivity contribution in [1.29, 1.82) is 0 Å². The van der Waals surface area contributed by atoms with E-state index in [-0.39, 0.29) is 0 Å². The molecule has 0 spiro atoms. The summed E-state index contributed by atoms with van der Waals surface area (Å²) in [6.45, 7) is 5.67. The van der Waals surface area contributed by atoms with Gasteiger partial charge in [-0.3, -0.25) is 4.90 Å². The average molecular weight is 303 g/mol. The highest BCUT2D eigenvalue weighted by atomic mass is 79.9. The highest BCUT2D eigenvalue weighted by molar-refractivity contribution is 9.08. The molecule has 1 saturated heterocycles. The Labute approximate surface area is 110 Å². The van der Waals surface area contributed by atoms with Gasteiger partial charge in [0.05, 0.1) is 12.2 Å². The molecule has 1 aliphatic heterocycles. The fraction of sp³-hybridized carbons (Fsp3) is 0.750. The zero-order valence-corrected chi connectivity index (χ0v) is 12.2. The minimum atomic E-state index is 0.941. The lowest BCUT2D eigenvalue weighted by atomic mass is 10.2. The lowest BCUT2D eigenvalue weighted by molar-refractivity contribution is 0.276. The van der Waals surface area contributed by atoms with Crippen molar-refractivity contribution in [2.24, 2.45) is 0 Å². The van der Waals surface area contributed by atoms with Crippen LogP contribution in [0.5, 0.6) is 0 Å². The van der Waals surface area contributed by atoms with E-state index in [1.54, 1.807) is 0 Å². The van der Waals surface area contributed by atoms with Crippen LogP contribution in [0.3, 0.4) is 0 Å². The van der Waals surface area contributed by atoms with Gasteiger partial charge in [-0.25, -0.2) is 4.98 Å². The van der Waals surface area contributed by atoms with Crippen LogP contribution in [0.1, 0.15) is 41.3 Å². The van der Waals surface area contributed by atoms with Gasteiger partial charge in [0.2, 0.25) is 0 Å². The minimum Gasteiger partial charge on any atom is -0.297 e. The van der Waals surface area contributed by atoms with Gasteiger partial charge in [-0.05, 0) is 32.9 Å². The van der Waals surface area contributed by atoms with Gasteiger partial charge in [-0.2, -0.15) is 0 Å². The lowest BCUT2D eigenvalue weighted by Gasteiger charge is -2.17. The number of aryl methyl sites for hydroxylation is 1. The second-order valence-corrected chi connectivity index (χ2v) is 6.17. The molecule has 0 aliphatic carbocycles. The van der Waals surface area contributed by atoms with Crippen molar-refractivity contribution >= 4 is 27.3 Å². The van der Waals surface area contributed by atoms with Gasteiger partial charge >= 0.3 is 0 Å². The molecule has 0 amide bonds. The summed E-state index contributed by atoms with van der Waals surface area (Å²) < 4.78 is 0. The summed E-state index contributed by atoms with van der Waals surface area (Å²) in [5.74, 6) is 0. The summed E-state index contributed by atoms with van der Waals surface area (Å²) >= 11 is 5.38. The molecule has 0 radical (unpaired) electrons. The molecule has 1 aromatic heterocycles. The molecule has 0 saturated carbocycles. The standard InChI is InChI=1S/C12H19BrN2S/c1-10-11(8-13)16-12(14-10)9-15-6-4-2-3-5-7-15/h2-9H2,1H3. The van der Waals surface area contributed by atoms with E-state index in [1.165, 1.54) is 54.4 Å². The van der Waals surface area contributed by atoms with Crippen molar-refractivity contribution in [2.75, 3.05) is 13.1 Å². The van der Waals surface area contributed by atoms with Crippen molar-refractivity contribution in [3.63, 3.8) is 0 Å². The molecule has 0 bridgehead atoms. The molecule has 4 heteroatoms. The highest BCUT2D eigenvalue weighted by Crippen LogP contribution is 2.22. The molecule has 2 rings (SSSR count). The molecule has 0 N–H and O–H groups in total. The maximum Gasteiger partial charge on any atom is 0.107 e. The van der Waals surface area contributed by atoms with Crippen LogP contribution in [0.15, 0.2) is 0 Å². The molecule has 2 heterocycles. The fourth-order valence-electron chi connectivity index (χ4n) is 2.17. The Kier molecular flexibility index (Phi) is 4.79. The van der Waals surface area contributed by atoms with E-state index in [0.29, 0.717) is 0 Å². The third-order valence-corrected chi connectivity index (χ3v) is 5.19. The number of likely N-dealkylation sites (tertiary alicyclic amines) is 1. The minimum absolute atomic E-state index is 0.941. The van der Waals surface area contributed by atoms with Crippen LogP contribution in [0.4, 0.5) is 0 Å². The lowest BCUT2D eigenvalue weighted by Crippen LogP contribution is -2.23. The molecule has 1 aromatic rings. The Hall–Kier alpha value is 0.0700. The second-order valence-electron chi connectivity index (χ2n) is 4.44. The topological polar surface area (TPSA) is 16.1 Å². The molecular formula is C12H19BrN2S. The SMILES string of the molecule is Cc1nc(CN2CCCCCC2)sc1CBr. The number of nitrogens with zero attached hydrogens (tertiary/aromatic N) is 2. The monoisotopic (exact) mass is 302 g/mol. The van der Waals surface area contributed by atoms with Gasteiger partial charge < -0.3 is 0 Å². The van der Waals surface area contributed by atoms with E-state index in [2.05, 4.69) is 32.7 Å². The first-order chi connectivity index (χ1) is 7.79. The number of aromatic nitrogens is 1. The molecule has 16 heavy (non-hydrogen) atoms. The third kappa shape index (κ3) is 3.28. The van der Waals surface area contributed by atoms with Gasteiger partial charge in [0, 0.05) is 10.2 Å². The number of thiazole rings is 1. The van der Waals surface area contributed by atoms with Gasteiger partial charge in [-0.1, -0.05) is 28.8 Å². The Morgan fingerprint density at radius 3 is 2.50 bits per heavy atom. The average Bonchev–Trinajstić information content (AvgIpc) is 2.50. The second kappa shape index (κ2) is 6.12. The van der Waals surface area contributed by atoms with Crippen LogP contribution < -0.4 is 0 Å². The van der Waals surface area contributed by atoms with Gasteiger partial charge in [-0.15, -0.1) is 11.3 Å². The van der Waals surface area contributed by atoms with Crippen LogP contribution in [-0.4, -0.2) is 23.0 Å².